The van der Waals surface area contributed by atoms with Crippen molar-refractivity contribution in [2.45, 2.75) is 6.42 Å². The third-order valence-electron chi connectivity index (χ3n) is 1.85. The number of nitrogens with one attached hydrogen (secondary N) is 1. The molecule has 0 radical (unpaired) electrons. The predicted molar refractivity (Wildman–Crippen MR) is 61.7 cm³/mol. The molecule has 0 atom stereocenters. The highest BCUT2D eigenvalue weighted by Gasteiger charge is 2.20. The average molecular weight is 254 g/mol. The maximum Gasteiger partial charge on any atom is 0.300 e. The van der Waals surface area contributed by atoms with E-state index < -0.39 is 16.5 Å². The molecule has 0 bridgehead atoms. The predicted octanol–water partition coefficient (Wildman–Crippen LogP) is 1.40. The number of amides is 1. The summed E-state index contributed by atoms with van der Waals surface area (Å²) in [6.07, 6.45) is 6.30. The molecule has 0 aromatic carbocycles. The quantitative estimate of drug-likeness (QED) is 0.289. The molecule has 0 spiro atoms. The van der Waals surface area contributed by atoms with Crippen molar-refractivity contribution in [3.63, 3.8) is 0 Å². The molecule has 1 heterocycles. The van der Waals surface area contributed by atoms with Gasteiger partial charge in [0.15, 0.2) is 0 Å². The third kappa shape index (κ3) is 3.43. The van der Waals surface area contributed by atoms with Crippen LogP contribution in [0.4, 0.5) is 5.69 Å². The topological polar surface area (TPSA) is 85.1 Å². The van der Waals surface area contributed by atoms with Crippen LogP contribution in [0.3, 0.4) is 0 Å². The average Bonchev–Trinajstić information content (AvgIpc) is 2.28. The van der Waals surface area contributed by atoms with E-state index in [1.54, 1.807) is 0 Å². The molecule has 17 heavy (non-hydrogen) atoms. The van der Waals surface area contributed by atoms with E-state index >= 15 is 0 Å². The summed E-state index contributed by atoms with van der Waals surface area (Å²) < 4.78 is 0. The first-order valence-electron chi connectivity index (χ1n) is 4.58. The third-order valence-corrected chi connectivity index (χ3v) is 2.05. The second-order valence-corrected chi connectivity index (χ2v) is 3.38. The number of aromatic nitrogens is 1. The van der Waals surface area contributed by atoms with Gasteiger partial charge in [-0.2, -0.15) is 0 Å². The fourth-order valence-corrected chi connectivity index (χ4v) is 1.25. The molecule has 1 aromatic rings. The van der Waals surface area contributed by atoms with Gasteiger partial charge in [-0.25, -0.2) is 4.98 Å². The lowest BCUT2D eigenvalue weighted by Gasteiger charge is -2.03. The minimum atomic E-state index is -0.695. The first-order chi connectivity index (χ1) is 8.06. The van der Waals surface area contributed by atoms with Crippen LogP contribution >= 0.6 is 11.6 Å². The molecule has 1 aromatic heterocycles. The highest BCUT2D eigenvalue weighted by Crippen LogP contribution is 2.19. The molecule has 0 unspecified atom stereocenters. The molecule has 1 N–H and O–H groups in total. The molecule has 0 fully saturated rings. The highest BCUT2D eigenvalue weighted by atomic mass is 35.5. The van der Waals surface area contributed by atoms with E-state index in [2.05, 4.69) is 16.2 Å². The Morgan fingerprint density at radius 3 is 3.00 bits per heavy atom. The van der Waals surface area contributed by atoms with Gasteiger partial charge in [-0.05, 0) is 6.07 Å². The molecule has 0 saturated heterocycles. The van der Waals surface area contributed by atoms with Gasteiger partial charge in [-0.15, -0.1) is 12.3 Å². The van der Waals surface area contributed by atoms with E-state index in [9.17, 15) is 14.9 Å². The Morgan fingerprint density at radius 2 is 2.41 bits per heavy atom. The number of hydrogen-bond donors (Lipinski definition) is 1. The van der Waals surface area contributed by atoms with Crippen molar-refractivity contribution in [2.75, 3.05) is 6.54 Å². The summed E-state index contributed by atoms with van der Waals surface area (Å²) in [6.45, 7) is 0.242. The zero-order chi connectivity index (χ0) is 12.8. The molecule has 0 aliphatic rings. The van der Waals surface area contributed by atoms with Crippen molar-refractivity contribution in [1.82, 2.24) is 10.3 Å². The van der Waals surface area contributed by atoms with E-state index in [0.717, 1.165) is 12.3 Å². The van der Waals surface area contributed by atoms with Gasteiger partial charge in [-0.3, -0.25) is 14.9 Å². The molecule has 1 amide bonds. The number of terminal acetylenes is 1. The molecule has 7 heteroatoms. The van der Waals surface area contributed by atoms with Gasteiger partial charge in [0.25, 0.3) is 11.6 Å². The second-order valence-electron chi connectivity index (χ2n) is 2.99. The SMILES string of the molecule is C#CCCNC(=O)c1cc(Cl)ncc1[N+](=O)[O-]. The normalized spacial score (nSPS) is 9.41. The van der Waals surface area contributed by atoms with Gasteiger partial charge in [0.1, 0.15) is 16.9 Å². The summed E-state index contributed by atoms with van der Waals surface area (Å²) >= 11 is 5.58. The standard InChI is InChI=1S/C10H8ClN3O3/c1-2-3-4-12-10(15)7-5-9(11)13-6-8(7)14(16)17/h1,5-6H,3-4H2,(H,12,15). The number of halogens is 1. The van der Waals surface area contributed by atoms with E-state index in [1.807, 2.05) is 0 Å². The maximum atomic E-state index is 11.6. The Hall–Kier alpha value is -2.13. The lowest BCUT2D eigenvalue weighted by Crippen LogP contribution is -2.25. The van der Waals surface area contributed by atoms with Gasteiger partial charge >= 0.3 is 0 Å². The van der Waals surface area contributed by atoms with Crippen LogP contribution in [0, 0.1) is 22.5 Å². The largest absolute Gasteiger partial charge is 0.351 e. The van der Waals surface area contributed by atoms with Crippen molar-refractivity contribution in [3.8, 4) is 12.3 Å². The van der Waals surface area contributed by atoms with E-state index in [-0.39, 0.29) is 17.3 Å². The minimum absolute atomic E-state index is 0.0118. The zero-order valence-electron chi connectivity index (χ0n) is 8.64. The molecule has 88 valence electrons. The Kier molecular flexibility index (Phi) is 4.43. The van der Waals surface area contributed by atoms with Gasteiger partial charge in [0.2, 0.25) is 0 Å². The molecule has 0 aliphatic heterocycles. The first kappa shape index (κ1) is 12.9. The second kappa shape index (κ2) is 5.82. The van der Waals surface area contributed by atoms with Crippen LogP contribution in [0.2, 0.25) is 5.15 Å². The fourth-order valence-electron chi connectivity index (χ4n) is 1.09. The minimum Gasteiger partial charge on any atom is -0.351 e. The molecule has 0 saturated carbocycles. The number of carbonyl (C=O) groups excluding carboxylic acids is 1. The van der Waals surface area contributed by atoms with Crippen LogP contribution in [-0.4, -0.2) is 22.4 Å². The van der Waals surface area contributed by atoms with Crippen molar-refractivity contribution in [2.24, 2.45) is 0 Å². The smallest absolute Gasteiger partial charge is 0.300 e. The summed E-state index contributed by atoms with van der Waals surface area (Å²) in [5.74, 6) is 1.74. The van der Waals surface area contributed by atoms with Crippen LogP contribution in [-0.2, 0) is 0 Å². The van der Waals surface area contributed by atoms with Gasteiger partial charge in [0, 0.05) is 13.0 Å². The van der Waals surface area contributed by atoms with E-state index in [0.29, 0.717) is 6.42 Å². The van der Waals surface area contributed by atoms with Crippen LogP contribution in [0.5, 0.6) is 0 Å². The Morgan fingerprint density at radius 1 is 1.71 bits per heavy atom. The Balaban J connectivity index is 2.95. The zero-order valence-corrected chi connectivity index (χ0v) is 9.40. The van der Waals surface area contributed by atoms with Crippen molar-refractivity contribution >= 4 is 23.2 Å². The first-order valence-corrected chi connectivity index (χ1v) is 4.95. The van der Waals surface area contributed by atoms with Gasteiger partial charge < -0.3 is 5.32 Å². The van der Waals surface area contributed by atoms with Gasteiger partial charge in [0.05, 0.1) is 4.92 Å². The molecule has 1 rings (SSSR count). The molecular weight excluding hydrogens is 246 g/mol. The summed E-state index contributed by atoms with van der Waals surface area (Å²) in [4.78, 5) is 25.2. The summed E-state index contributed by atoms with van der Waals surface area (Å²) in [6, 6.07) is 1.14. The highest BCUT2D eigenvalue weighted by molar-refractivity contribution is 6.29. The van der Waals surface area contributed by atoms with Gasteiger partial charge in [-0.1, -0.05) is 11.6 Å². The summed E-state index contributed by atoms with van der Waals surface area (Å²) in [5.41, 5.74) is -0.528. The maximum absolute atomic E-state index is 11.6. The monoisotopic (exact) mass is 253 g/mol. The Labute approximate surface area is 102 Å². The van der Waals surface area contributed by atoms with Crippen molar-refractivity contribution in [1.29, 1.82) is 0 Å². The summed E-state index contributed by atoms with van der Waals surface area (Å²) in [5, 5.41) is 13.1. The van der Waals surface area contributed by atoms with Crippen LogP contribution in [0.1, 0.15) is 16.8 Å². The van der Waals surface area contributed by atoms with Crippen LogP contribution in [0.25, 0.3) is 0 Å². The van der Waals surface area contributed by atoms with Crippen LogP contribution in [0.15, 0.2) is 12.3 Å². The number of carbonyl (C=O) groups is 1. The lowest BCUT2D eigenvalue weighted by molar-refractivity contribution is -0.385. The number of rotatable bonds is 4. The van der Waals surface area contributed by atoms with E-state index in [4.69, 9.17) is 18.0 Å². The molecule has 6 nitrogen and oxygen atoms in total. The number of hydrogen-bond acceptors (Lipinski definition) is 4. The van der Waals surface area contributed by atoms with E-state index in [1.165, 1.54) is 0 Å². The number of pyridine rings is 1. The molecule has 0 aliphatic carbocycles. The Bertz CT molecular complexity index is 496. The number of nitro groups is 1. The number of nitrogens with zero attached hydrogens (tertiary/aromatic N) is 2. The lowest BCUT2D eigenvalue weighted by atomic mass is 10.2. The molecular formula is C10H8ClN3O3. The van der Waals surface area contributed by atoms with Crippen LogP contribution < -0.4 is 5.32 Å². The summed E-state index contributed by atoms with van der Waals surface area (Å²) in [7, 11) is 0. The fraction of sp³-hybridized carbons (Fsp3) is 0.200. The van der Waals surface area contributed by atoms with Crippen molar-refractivity contribution < 1.29 is 9.72 Å². The van der Waals surface area contributed by atoms with Crippen molar-refractivity contribution in [3.05, 3.63) is 33.1 Å².